The van der Waals surface area contributed by atoms with Crippen molar-refractivity contribution >= 4 is 29.1 Å². The fraction of sp³-hybridized carbons (Fsp3) is 0.238. The minimum atomic E-state index is -0.864. The van der Waals surface area contributed by atoms with Crippen molar-refractivity contribution < 1.29 is 9.59 Å². The van der Waals surface area contributed by atoms with E-state index in [0.29, 0.717) is 28.7 Å². The van der Waals surface area contributed by atoms with Gasteiger partial charge < -0.3 is 5.32 Å². The molecule has 4 nitrogen and oxygen atoms in total. The Morgan fingerprint density at radius 1 is 1.19 bits per heavy atom. The molecule has 2 aromatic carbocycles. The first-order valence-corrected chi connectivity index (χ1v) is 8.86. The van der Waals surface area contributed by atoms with Crippen molar-refractivity contribution in [1.29, 1.82) is 0 Å². The van der Waals surface area contributed by atoms with E-state index in [0.717, 1.165) is 12.8 Å². The van der Waals surface area contributed by atoms with Gasteiger partial charge in [0.15, 0.2) is 0 Å². The molecule has 1 N–H and O–H groups in total. The molecule has 0 bridgehead atoms. The lowest BCUT2D eigenvalue weighted by Crippen LogP contribution is -2.44. The summed E-state index contributed by atoms with van der Waals surface area (Å²) in [6.45, 7) is 0.607. The molecule has 0 aliphatic heterocycles. The van der Waals surface area contributed by atoms with Gasteiger partial charge >= 0.3 is 5.91 Å². The molecule has 5 heteroatoms. The Labute approximate surface area is 158 Å². The molecule has 132 valence electrons. The predicted octanol–water partition coefficient (Wildman–Crippen LogP) is 3.57. The molecule has 1 aliphatic carbocycles. The Kier molecular flexibility index (Phi) is 5.60. The van der Waals surface area contributed by atoms with Crippen molar-refractivity contribution in [3.8, 4) is 12.3 Å². The third kappa shape index (κ3) is 4.25. The van der Waals surface area contributed by atoms with Crippen molar-refractivity contribution in [2.75, 3.05) is 11.4 Å². The fourth-order valence-electron chi connectivity index (χ4n) is 2.80. The number of anilines is 1. The maximum absolute atomic E-state index is 13.0. The van der Waals surface area contributed by atoms with Crippen LogP contribution in [0.1, 0.15) is 24.4 Å². The maximum Gasteiger partial charge on any atom is 0.303 e. The number of hydrogen-bond donors (Lipinski definition) is 1. The molecule has 2 amide bonds. The van der Waals surface area contributed by atoms with E-state index in [1.165, 1.54) is 4.90 Å². The van der Waals surface area contributed by atoms with Gasteiger partial charge in [0.1, 0.15) is 6.04 Å². The molecule has 1 aliphatic rings. The number of terminal acetylenes is 1. The molecule has 0 spiro atoms. The van der Waals surface area contributed by atoms with Crippen LogP contribution in [0.2, 0.25) is 5.02 Å². The van der Waals surface area contributed by atoms with Gasteiger partial charge in [-0.3, -0.25) is 14.5 Å². The average Bonchev–Trinajstić information content (AvgIpc) is 3.48. The van der Waals surface area contributed by atoms with Crippen molar-refractivity contribution in [1.82, 2.24) is 5.32 Å². The molecule has 0 saturated heterocycles. The lowest BCUT2D eigenvalue weighted by atomic mass is 10.0. The number of hydrogen-bond acceptors (Lipinski definition) is 2. The molecule has 0 heterocycles. The van der Waals surface area contributed by atoms with Crippen LogP contribution in [-0.4, -0.2) is 18.4 Å². The topological polar surface area (TPSA) is 49.4 Å². The summed E-state index contributed by atoms with van der Waals surface area (Å²) in [5.41, 5.74) is 1.17. The third-order valence-electron chi connectivity index (χ3n) is 4.31. The zero-order valence-corrected chi connectivity index (χ0v) is 14.9. The lowest BCUT2D eigenvalue weighted by molar-refractivity contribution is -0.125. The number of amides is 2. The second-order valence-corrected chi connectivity index (χ2v) is 6.74. The number of carbonyl (C=O) groups excluding carboxylic acids is 2. The standard InChI is InChI=1S/C21H19ClN2O2/c1-2-19(25)24(18-10-6-9-17(22)13-18)20(16-7-4-3-5-8-16)21(26)23-14-15-11-12-15/h1,3-10,13,15,20H,11-12,14H2,(H,23,26). The van der Waals surface area contributed by atoms with Crippen molar-refractivity contribution in [3.63, 3.8) is 0 Å². The summed E-state index contributed by atoms with van der Waals surface area (Å²) in [6, 6.07) is 15.0. The Morgan fingerprint density at radius 3 is 2.54 bits per heavy atom. The minimum absolute atomic E-state index is 0.258. The van der Waals surface area contributed by atoms with Crippen molar-refractivity contribution in [2.24, 2.45) is 5.92 Å². The SMILES string of the molecule is C#CC(=O)N(c1cccc(Cl)c1)C(C(=O)NCC1CC1)c1ccccc1. The highest BCUT2D eigenvalue weighted by Crippen LogP contribution is 2.31. The van der Waals surface area contributed by atoms with Gasteiger partial charge in [-0.1, -0.05) is 48.0 Å². The van der Waals surface area contributed by atoms with Gasteiger partial charge in [0, 0.05) is 17.3 Å². The van der Waals surface area contributed by atoms with Crippen LogP contribution in [0.5, 0.6) is 0 Å². The van der Waals surface area contributed by atoms with Crippen LogP contribution in [0.15, 0.2) is 54.6 Å². The summed E-state index contributed by atoms with van der Waals surface area (Å²) in [7, 11) is 0. The summed E-state index contributed by atoms with van der Waals surface area (Å²) >= 11 is 6.09. The van der Waals surface area contributed by atoms with Crippen LogP contribution in [0.3, 0.4) is 0 Å². The van der Waals surface area contributed by atoms with E-state index in [-0.39, 0.29) is 5.91 Å². The first-order valence-electron chi connectivity index (χ1n) is 8.48. The summed E-state index contributed by atoms with van der Waals surface area (Å²) in [5.74, 6) is 1.80. The van der Waals surface area contributed by atoms with Crippen LogP contribution in [-0.2, 0) is 9.59 Å². The molecule has 1 unspecified atom stereocenters. The Hall–Kier alpha value is -2.77. The van der Waals surface area contributed by atoms with Crippen LogP contribution >= 0.6 is 11.6 Å². The summed E-state index contributed by atoms with van der Waals surface area (Å²) in [6.07, 6.45) is 7.64. The van der Waals surface area contributed by atoms with Gasteiger partial charge in [-0.05, 0) is 48.4 Å². The first-order chi connectivity index (χ1) is 12.6. The van der Waals surface area contributed by atoms with Crippen molar-refractivity contribution in [2.45, 2.75) is 18.9 Å². The van der Waals surface area contributed by atoms with Crippen molar-refractivity contribution in [3.05, 3.63) is 65.2 Å². The molecule has 3 rings (SSSR count). The average molecular weight is 367 g/mol. The van der Waals surface area contributed by atoms with E-state index in [1.54, 1.807) is 24.3 Å². The molecule has 0 aromatic heterocycles. The van der Waals surface area contributed by atoms with Crippen LogP contribution in [0.4, 0.5) is 5.69 Å². The van der Waals surface area contributed by atoms with Gasteiger partial charge in [0.2, 0.25) is 5.91 Å². The van der Waals surface area contributed by atoms with E-state index in [4.69, 9.17) is 18.0 Å². The van der Waals surface area contributed by atoms with Gasteiger partial charge in [-0.15, -0.1) is 6.42 Å². The number of nitrogens with one attached hydrogen (secondary N) is 1. The summed E-state index contributed by atoms with van der Waals surface area (Å²) in [5, 5.41) is 3.41. The number of rotatable bonds is 6. The summed E-state index contributed by atoms with van der Waals surface area (Å²) < 4.78 is 0. The molecular weight excluding hydrogens is 348 g/mol. The number of nitrogens with zero attached hydrogens (tertiary/aromatic N) is 1. The van der Waals surface area contributed by atoms with Crippen LogP contribution in [0.25, 0.3) is 0 Å². The molecule has 0 radical (unpaired) electrons. The molecule has 2 aromatic rings. The highest BCUT2D eigenvalue weighted by atomic mass is 35.5. The van der Waals surface area contributed by atoms with Gasteiger partial charge in [-0.25, -0.2) is 0 Å². The van der Waals surface area contributed by atoms with E-state index in [2.05, 4.69) is 11.2 Å². The van der Waals surface area contributed by atoms with Crippen LogP contribution in [0, 0.1) is 18.3 Å². The van der Waals surface area contributed by atoms with E-state index < -0.39 is 11.9 Å². The zero-order valence-electron chi connectivity index (χ0n) is 14.2. The van der Waals surface area contributed by atoms with E-state index >= 15 is 0 Å². The predicted molar refractivity (Wildman–Crippen MR) is 103 cm³/mol. The Bertz CT molecular complexity index is 841. The second kappa shape index (κ2) is 8.07. The second-order valence-electron chi connectivity index (χ2n) is 6.30. The third-order valence-corrected chi connectivity index (χ3v) is 4.55. The largest absolute Gasteiger partial charge is 0.354 e. The fourth-order valence-corrected chi connectivity index (χ4v) is 2.98. The Morgan fingerprint density at radius 2 is 1.92 bits per heavy atom. The Balaban J connectivity index is 2.01. The maximum atomic E-state index is 13.0. The highest BCUT2D eigenvalue weighted by molar-refractivity contribution is 6.31. The van der Waals surface area contributed by atoms with Gasteiger partial charge in [0.05, 0.1) is 0 Å². The van der Waals surface area contributed by atoms with Crippen LogP contribution < -0.4 is 10.2 Å². The van der Waals surface area contributed by atoms with E-state index in [1.807, 2.05) is 30.3 Å². The molecule has 1 atom stereocenters. The zero-order chi connectivity index (χ0) is 18.5. The smallest absolute Gasteiger partial charge is 0.303 e. The monoisotopic (exact) mass is 366 g/mol. The quantitative estimate of drug-likeness (QED) is 0.794. The van der Waals surface area contributed by atoms with Gasteiger partial charge in [-0.2, -0.15) is 0 Å². The van der Waals surface area contributed by atoms with Gasteiger partial charge in [0.25, 0.3) is 0 Å². The molecule has 26 heavy (non-hydrogen) atoms. The van der Waals surface area contributed by atoms with E-state index in [9.17, 15) is 9.59 Å². The number of halogens is 1. The molecule has 1 fully saturated rings. The number of carbonyl (C=O) groups is 2. The number of benzene rings is 2. The minimum Gasteiger partial charge on any atom is -0.354 e. The molecular formula is C21H19ClN2O2. The first kappa shape index (κ1) is 18.0. The highest BCUT2D eigenvalue weighted by Gasteiger charge is 2.33. The normalized spacial score (nSPS) is 14.2. The summed E-state index contributed by atoms with van der Waals surface area (Å²) in [4.78, 5) is 26.9. The lowest BCUT2D eigenvalue weighted by Gasteiger charge is -2.30. The molecule has 1 saturated carbocycles.